The van der Waals surface area contributed by atoms with Crippen LogP contribution < -0.4 is 0 Å². The molecule has 404 valence electrons. The number of hydrogen-bond donors (Lipinski definition) is 0. The van der Waals surface area contributed by atoms with Crippen LogP contribution >= 0.6 is 0 Å². The molecule has 0 atom stereocenters. The van der Waals surface area contributed by atoms with Crippen LogP contribution in [0.1, 0.15) is 0 Å². The third-order valence-corrected chi connectivity index (χ3v) is 16.6. The van der Waals surface area contributed by atoms with Crippen LogP contribution in [-0.2, 0) is 0 Å². The van der Waals surface area contributed by atoms with Crippen LogP contribution in [0, 0.1) is 0 Å². The number of fused-ring (bicyclic) bond motifs is 12. The first kappa shape index (κ1) is 48.8. The molecular weight excluding hydrogens is 1060 g/mol. The van der Waals surface area contributed by atoms with Crippen molar-refractivity contribution in [2.24, 2.45) is 0 Å². The SMILES string of the molecule is c1cc(-c2noc(-c3cccc(-n4c5ccccc5c5ccccc54)c3)n2)cc(-n2c3ccccc3c3ccccc32)c1.c1ccc2c(c1)c1ccccc1n2-c1ccc(-c2noc(-c3ccc(-n4c5ccccc5c5ccccc54)cc3)n2)cc1. The normalized spacial score (nSPS) is 11.7. The molecule has 0 saturated carbocycles. The van der Waals surface area contributed by atoms with Gasteiger partial charge in [0.15, 0.2) is 0 Å². The second-order valence-electron chi connectivity index (χ2n) is 21.5. The Labute approximate surface area is 491 Å². The molecule has 0 aliphatic carbocycles. The molecule has 0 bridgehead atoms. The van der Waals surface area contributed by atoms with Crippen LogP contribution in [0.5, 0.6) is 0 Å². The van der Waals surface area contributed by atoms with Gasteiger partial charge in [-0.2, -0.15) is 9.97 Å². The number of para-hydroxylation sites is 8. The highest BCUT2D eigenvalue weighted by atomic mass is 16.5. The molecule has 0 aliphatic rings. The quantitative estimate of drug-likeness (QED) is 0.150. The van der Waals surface area contributed by atoms with E-state index in [1.54, 1.807) is 0 Å². The van der Waals surface area contributed by atoms with E-state index in [2.05, 4.69) is 283 Å². The molecule has 0 unspecified atom stereocenters. The number of hydrogen-bond acceptors (Lipinski definition) is 6. The van der Waals surface area contributed by atoms with Crippen molar-refractivity contribution < 1.29 is 9.05 Å². The van der Waals surface area contributed by atoms with Crippen molar-refractivity contribution in [2.45, 2.75) is 0 Å². The Hall–Kier alpha value is -11.9. The summed E-state index contributed by atoms with van der Waals surface area (Å²) >= 11 is 0. The highest BCUT2D eigenvalue weighted by molar-refractivity contribution is 6.12. The zero-order chi connectivity index (χ0) is 56.7. The zero-order valence-corrected chi connectivity index (χ0v) is 46.1. The van der Waals surface area contributed by atoms with Crippen LogP contribution in [0.4, 0.5) is 0 Å². The molecule has 0 saturated heterocycles. The molecule has 86 heavy (non-hydrogen) atoms. The van der Waals surface area contributed by atoms with Crippen LogP contribution in [0.3, 0.4) is 0 Å². The van der Waals surface area contributed by atoms with E-state index in [9.17, 15) is 0 Å². The van der Waals surface area contributed by atoms with Crippen molar-refractivity contribution in [2.75, 3.05) is 0 Å². The lowest BCUT2D eigenvalue weighted by molar-refractivity contribution is 0.432. The molecule has 0 N–H and O–H groups in total. The van der Waals surface area contributed by atoms with E-state index >= 15 is 0 Å². The van der Waals surface area contributed by atoms with E-state index in [-0.39, 0.29) is 0 Å². The van der Waals surface area contributed by atoms with Gasteiger partial charge in [-0.15, -0.1) is 0 Å². The average molecular weight is 1110 g/mol. The topological polar surface area (TPSA) is 97.6 Å². The Morgan fingerprint density at radius 3 is 0.826 bits per heavy atom. The van der Waals surface area contributed by atoms with Gasteiger partial charge in [0.1, 0.15) is 0 Å². The van der Waals surface area contributed by atoms with Gasteiger partial charge in [-0.1, -0.05) is 174 Å². The summed E-state index contributed by atoms with van der Waals surface area (Å²) in [5.41, 5.74) is 17.2. The smallest absolute Gasteiger partial charge is 0.258 e. The van der Waals surface area contributed by atoms with Gasteiger partial charge in [0, 0.05) is 88.1 Å². The monoisotopic (exact) mass is 1100 g/mol. The van der Waals surface area contributed by atoms with Gasteiger partial charge in [0.2, 0.25) is 11.6 Å². The van der Waals surface area contributed by atoms with Crippen LogP contribution in [0.25, 0.3) is 156 Å². The third kappa shape index (κ3) is 7.96. The minimum absolute atomic E-state index is 0.486. The fourth-order valence-electron chi connectivity index (χ4n) is 12.8. The molecule has 18 aromatic rings. The molecule has 6 aromatic heterocycles. The molecule has 0 radical (unpaired) electrons. The van der Waals surface area contributed by atoms with Gasteiger partial charge in [-0.25, -0.2) is 0 Å². The molecule has 0 aliphatic heterocycles. The van der Waals surface area contributed by atoms with Crippen molar-refractivity contribution in [3.05, 3.63) is 291 Å². The molecule has 0 spiro atoms. The summed E-state index contributed by atoms with van der Waals surface area (Å²) < 4.78 is 20.8. The van der Waals surface area contributed by atoms with Gasteiger partial charge in [0.05, 0.1) is 44.1 Å². The molecule has 10 heteroatoms. The molecule has 0 amide bonds. The Balaban J connectivity index is 0.000000134. The van der Waals surface area contributed by atoms with Gasteiger partial charge < -0.3 is 27.3 Å². The number of benzene rings is 12. The maximum atomic E-state index is 5.85. The van der Waals surface area contributed by atoms with Crippen molar-refractivity contribution in [1.82, 2.24) is 38.5 Å². The van der Waals surface area contributed by atoms with Crippen LogP contribution in [0.15, 0.2) is 300 Å². The zero-order valence-electron chi connectivity index (χ0n) is 46.1. The Morgan fingerprint density at radius 2 is 0.477 bits per heavy atom. The van der Waals surface area contributed by atoms with Crippen molar-refractivity contribution in [3.63, 3.8) is 0 Å². The minimum Gasteiger partial charge on any atom is -0.334 e. The summed E-state index contributed by atoms with van der Waals surface area (Å²) in [5.74, 6) is 2.10. The molecule has 18 rings (SSSR count). The summed E-state index contributed by atoms with van der Waals surface area (Å²) in [6.07, 6.45) is 0. The average Bonchev–Trinajstić information content (AvgIpc) is 2.64. The summed E-state index contributed by atoms with van der Waals surface area (Å²) in [7, 11) is 0. The first-order valence-corrected chi connectivity index (χ1v) is 28.7. The van der Waals surface area contributed by atoms with E-state index in [0.717, 1.165) is 67.1 Å². The summed E-state index contributed by atoms with van der Waals surface area (Å²) in [6.45, 7) is 0. The fourth-order valence-corrected chi connectivity index (χ4v) is 12.8. The summed E-state index contributed by atoms with van der Waals surface area (Å²) in [6, 6.07) is 101. The lowest BCUT2D eigenvalue weighted by Crippen LogP contribution is -1.94. The van der Waals surface area contributed by atoms with E-state index in [0.29, 0.717) is 23.4 Å². The van der Waals surface area contributed by atoms with E-state index in [1.807, 2.05) is 36.4 Å². The third-order valence-electron chi connectivity index (χ3n) is 16.6. The molecule has 0 fully saturated rings. The lowest BCUT2D eigenvalue weighted by Gasteiger charge is -2.09. The van der Waals surface area contributed by atoms with Gasteiger partial charge >= 0.3 is 0 Å². The van der Waals surface area contributed by atoms with Gasteiger partial charge in [0.25, 0.3) is 11.8 Å². The molecule has 10 nitrogen and oxygen atoms in total. The lowest BCUT2D eigenvalue weighted by atomic mass is 10.1. The highest BCUT2D eigenvalue weighted by Crippen LogP contribution is 2.38. The van der Waals surface area contributed by atoms with Crippen LogP contribution in [-0.4, -0.2) is 38.5 Å². The first-order chi connectivity index (χ1) is 42.7. The Morgan fingerprint density at radius 1 is 0.209 bits per heavy atom. The maximum absolute atomic E-state index is 5.85. The Kier molecular flexibility index (Phi) is 11.3. The highest BCUT2D eigenvalue weighted by Gasteiger charge is 2.19. The number of nitrogens with zero attached hydrogens (tertiary/aromatic N) is 8. The first-order valence-electron chi connectivity index (χ1n) is 28.7. The number of aromatic nitrogens is 8. The Bertz CT molecular complexity index is 5060. The molecular formula is C76H48N8O2. The van der Waals surface area contributed by atoms with E-state index in [4.69, 9.17) is 19.0 Å². The minimum atomic E-state index is 0.486. The van der Waals surface area contributed by atoms with E-state index < -0.39 is 0 Å². The predicted octanol–water partition coefficient (Wildman–Crippen LogP) is 19.2. The van der Waals surface area contributed by atoms with E-state index in [1.165, 1.54) is 65.2 Å². The van der Waals surface area contributed by atoms with Crippen molar-refractivity contribution in [1.29, 1.82) is 0 Å². The number of rotatable bonds is 8. The fraction of sp³-hybridized carbons (Fsp3) is 0. The predicted molar refractivity (Wildman–Crippen MR) is 348 cm³/mol. The summed E-state index contributed by atoms with van der Waals surface area (Å²) in [4.78, 5) is 9.59. The van der Waals surface area contributed by atoms with Gasteiger partial charge in [-0.05, 0) is 127 Å². The van der Waals surface area contributed by atoms with Crippen molar-refractivity contribution in [3.8, 4) is 68.4 Å². The maximum Gasteiger partial charge on any atom is 0.258 e. The molecule has 6 heterocycles. The largest absolute Gasteiger partial charge is 0.334 e. The summed E-state index contributed by atoms with van der Waals surface area (Å²) in [5, 5.41) is 18.6. The second kappa shape index (κ2) is 19.9. The standard InChI is InChI=1S/2C38H24N4O/c1-5-19-33-29(15-1)30-16-2-6-20-34(30)41(33)27-13-9-11-25(23-27)37-39-38(43-40-37)26-12-10-14-28(24-26)42-35-21-7-3-17-31(35)32-18-4-8-22-36(32)42;1-5-13-33-29(9-1)30-10-2-6-14-34(30)41(33)27-21-17-25(18-22-27)37-39-38(43-40-37)26-19-23-28(24-20-26)42-35-15-7-3-11-31(35)32-12-4-8-16-36(32)42/h2*1-24H. The molecule has 12 aromatic carbocycles. The van der Waals surface area contributed by atoms with Crippen molar-refractivity contribution >= 4 is 87.2 Å². The van der Waals surface area contributed by atoms with Crippen LogP contribution in [0.2, 0.25) is 0 Å². The van der Waals surface area contributed by atoms with Gasteiger partial charge in [-0.3, -0.25) is 0 Å². The second-order valence-corrected chi connectivity index (χ2v) is 21.5.